The van der Waals surface area contributed by atoms with E-state index in [0.29, 0.717) is 11.7 Å². The summed E-state index contributed by atoms with van der Waals surface area (Å²) in [7, 11) is 3.36. The molecule has 0 unspecified atom stereocenters. The highest BCUT2D eigenvalue weighted by atomic mass is 32.2. The van der Waals surface area contributed by atoms with Crippen LogP contribution < -0.4 is 9.47 Å². The minimum absolute atomic E-state index is 0.209. The number of nitrogens with zero attached hydrogens (tertiary/aromatic N) is 1. The van der Waals surface area contributed by atoms with E-state index < -0.39 is 0 Å². The Morgan fingerprint density at radius 3 is 2.57 bits per heavy atom. The highest BCUT2D eigenvalue weighted by molar-refractivity contribution is 7.99. The van der Waals surface area contributed by atoms with E-state index in [0.717, 1.165) is 49.6 Å². The van der Waals surface area contributed by atoms with E-state index in [4.69, 9.17) is 9.47 Å². The van der Waals surface area contributed by atoms with Gasteiger partial charge in [0.2, 0.25) is 0 Å². The molecule has 0 aromatic heterocycles. The summed E-state index contributed by atoms with van der Waals surface area (Å²) in [6.07, 6.45) is 8.82. The van der Waals surface area contributed by atoms with Gasteiger partial charge in [0.25, 0.3) is 0 Å². The maximum absolute atomic E-state index is 12.1. The summed E-state index contributed by atoms with van der Waals surface area (Å²) in [5.41, 5.74) is 2.62. The van der Waals surface area contributed by atoms with Crippen LogP contribution in [0.25, 0.3) is 0 Å². The van der Waals surface area contributed by atoms with Crippen LogP contribution in [0.5, 0.6) is 11.5 Å². The maximum Gasteiger partial charge on any atom is 0.161 e. The predicted molar refractivity (Wildman–Crippen MR) is 123 cm³/mol. The van der Waals surface area contributed by atoms with Gasteiger partial charge >= 0.3 is 0 Å². The molecule has 0 spiro atoms. The Kier molecular flexibility index (Phi) is 9.60. The summed E-state index contributed by atoms with van der Waals surface area (Å²) in [6, 6.07) is 4.51. The zero-order valence-electron chi connectivity index (χ0n) is 18.6. The van der Waals surface area contributed by atoms with Gasteiger partial charge in [0.05, 0.1) is 27.0 Å². The minimum atomic E-state index is -0.234. The number of hydrogen-bond donors (Lipinski definition) is 1. The zero-order chi connectivity index (χ0) is 21.3. The second-order valence-corrected chi connectivity index (χ2v) is 9.81. The Morgan fingerprint density at radius 2 is 1.80 bits per heavy atom. The van der Waals surface area contributed by atoms with Crippen LogP contribution in [-0.4, -0.2) is 61.6 Å². The number of aliphatic hydroxyl groups is 1. The van der Waals surface area contributed by atoms with Crippen LogP contribution in [0.2, 0.25) is 0 Å². The fraction of sp³-hybridized carbons (Fsp3) is 0.750. The molecular weight excluding hydrogens is 401 g/mol. The van der Waals surface area contributed by atoms with Gasteiger partial charge in [0, 0.05) is 24.9 Å². The Labute approximate surface area is 185 Å². The van der Waals surface area contributed by atoms with Crippen LogP contribution in [0.1, 0.15) is 62.1 Å². The number of benzene rings is 1. The number of methoxy groups -OCH3 is 2. The monoisotopic (exact) mass is 439 g/mol. The first-order valence-electron chi connectivity index (χ1n) is 11.5. The number of rotatable bonds is 12. The molecule has 3 atom stereocenters. The minimum Gasteiger partial charge on any atom is -0.493 e. The summed E-state index contributed by atoms with van der Waals surface area (Å²) in [4.78, 5) is 2.56. The van der Waals surface area contributed by atoms with Gasteiger partial charge in [-0.2, -0.15) is 11.8 Å². The molecule has 0 bridgehead atoms. The van der Waals surface area contributed by atoms with Gasteiger partial charge in [0.15, 0.2) is 11.5 Å². The average Bonchev–Trinajstić information content (AvgIpc) is 2.77. The van der Waals surface area contributed by atoms with Crippen molar-refractivity contribution in [2.24, 2.45) is 5.92 Å². The number of piperidine rings is 1. The van der Waals surface area contributed by atoms with Gasteiger partial charge in [-0.15, -0.1) is 0 Å². The molecule has 170 valence electrons. The topological polar surface area (TPSA) is 41.9 Å². The van der Waals surface area contributed by atoms with E-state index in [1.54, 1.807) is 26.0 Å². The van der Waals surface area contributed by atoms with E-state index >= 15 is 0 Å². The van der Waals surface area contributed by atoms with Crippen LogP contribution in [0.15, 0.2) is 12.1 Å². The highest BCUT2D eigenvalue weighted by Crippen LogP contribution is 2.43. The largest absolute Gasteiger partial charge is 0.493 e. The second kappa shape index (κ2) is 12.2. The molecule has 3 rings (SSSR count). The number of alkyl halides is 1. The van der Waals surface area contributed by atoms with Crippen molar-refractivity contribution in [3.05, 3.63) is 23.3 Å². The van der Waals surface area contributed by atoms with Crippen LogP contribution >= 0.6 is 11.8 Å². The van der Waals surface area contributed by atoms with Crippen molar-refractivity contribution in [2.45, 2.75) is 63.5 Å². The van der Waals surface area contributed by atoms with Crippen molar-refractivity contribution >= 4 is 11.8 Å². The fourth-order valence-corrected chi connectivity index (χ4v) is 5.72. The highest BCUT2D eigenvalue weighted by Gasteiger charge is 2.38. The SMILES string of the molecule is COc1cc2c(cc1OC)[C@@H]1C[C@H](O)[C@@H](CCCCCCCSCC[19F])CN1CC2. The lowest BCUT2D eigenvalue weighted by Crippen LogP contribution is -2.48. The Hall–Kier alpha value is -0.980. The van der Waals surface area contributed by atoms with E-state index in [1.807, 2.05) is 0 Å². The number of ether oxygens (including phenoxy) is 2. The van der Waals surface area contributed by atoms with Gasteiger partial charge in [0.1, 0.15) is 0 Å². The third-order valence-electron chi connectivity index (χ3n) is 6.68. The van der Waals surface area contributed by atoms with Crippen molar-refractivity contribution in [3.8, 4) is 11.5 Å². The number of unbranched alkanes of at least 4 members (excludes halogenated alkanes) is 4. The van der Waals surface area contributed by atoms with Crippen LogP contribution in [-0.2, 0) is 6.42 Å². The second-order valence-electron chi connectivity index (χ2n) is 8.59. The Bertz CT molecular complexity index is 660. The molecule has 1 N–H and O–H groups in total. The number of hydrogen-bond acceptors (Lipinski definition) is 5. The molecule has 6 heteroatoms. The summed E-state index contributed by atoms with van der Waals surface area (Å²) in [5, 5.41) is 10.9. The molecule has 2 aliphatic rings. The van der Waals surface area contributed by atoms with Crippen molar-refractivity contribution in [1.82, 2.24) is 4.90 Å². The standard InChI is InChI=1S/C24H38FNO3S/c1-28-23-14-18-9-11-26-17-19(8-6-4-3-5-7-12-30-13-10-25)22(27)16-21(26)20(18)15-24(23)29-2/h14-15,19,21-22,27H,3-13,16-17H2,1-2H3/t19-,21-,22-/m0/s1/i25+0. The van der Waals surface area contributed by atoms with E-state index in [1.165, 1.54) is 43.2 Å². The number of halogens is 1. The molecule has 1 aromatic rings. The first-order chi connectivity index (χ1) is 14.7. The van der Waals surface area contributed by atoms with Gasteiger partial charge in [-0.1, -0.05) is 25.7 Å². The molecule has 4 nitrogen and oxygen atoms in total. The van der Waals surface area contributed by atoms with E-state index in [-0.39, 0.29) is 18.8 Å². The Morgan fingerprint density at radius 1 is 1.07 bits per heavy atom. The molecule has 1 aromatic carbocycles. The average molecular weight is 440 g/mol. The smallest absolute Gasteiger partial charge is 0.161 e. The molecule has 1 fully saturated rings. The Balaban J connectivity index is 1.46. The number of fused-ring (bicyclic) bond motifs is 3. The third kappa shape index (κ3) is 6.04. The third-order valence-corrected chi connectivity index (χ3v) is 7.70. The molecule has 0 saturated carbocycles. The van der Waals surface area contributed by atoms with Gasteiger partial charge in [-0.25, -0.2) is 0 Å². The normalized spacial score (nSPS) is 23.7. The first-order valence-corrected chi connectivity index (χ1v) is 12.6. The zero-order valence-corrected chi connectivity index (χ0v) is 19.4. The molecular formula is C24H38FNO3S. The lowest BCUT2D eigenvalue weighted by molar-refractivity contribution is -0.0158. The predicted octanol–water partition coefficient (Wildman–Crippen LogP) is 5.03. The van der Waals surface area contributed by atoms with E-state index in [2.05, 4.69) is 17.0 Å². The van der Waals surface area contributed by atoms with Crippen LogP contribution in [0.4, 0.5) is 4.39 Å². The van der Waals surface area contributed by atoms with Crippen LogP contribution in [0, 0.1) is 5.92 Å². The molecule has 0 aliphatic carbocycles. The van der Waals surface area contributed by atoms with Gasteiger partial charge in [-0.05, 0) is 60.6 Å². The van der Waals surface area contributed by atoms with Crippen molar-refractivity contribution < 1.29 is 19.0 Å². The quantitative estimate of drug-likeness (QED) is 0.463. The molecule has 0 radical (unpaired) electrons. The summed E-state index contributed by atoms with van der Waals surface area (Å²) >= 11 is 1.72. The van der Waals surface area contributed by atoms with E-state index in [9.17, 15) is 9.50 Å². The molecule has 1 saturated heterocycles. The lowest BCUT2D eigenvalue weighted by Gasteiger charge is -2.46. The van der Waals surface area contributed by atoms with Gasteiger partial charge in [-0.3, -0.25) is 9.29 Å². The van der Waals surface area contributed by atoms with Crippen LogP contribution in [0.3, 0.4) is 0 Å². The summed E-state index contributed by atoms with van der Waals surface area (Å²) in [5.74, 6) is 3.67. The van der Waals surface area contributed by atoms with Crippen molar-refractivity contribution in [3.63, 3.8) is 0 Å². The van der Waals surface area contributed by atoms with Gasteiger partial charge < -0.3 is 14.6 Å². The lowest BCUT2D eigenvalue weighted by atomic mass is 9.80. The number of thioether (sulfide) groups is 1. The van der Waals surface area contributed by atoms with Crippen molar-refractivity contribution in [1.29, 1.82) is 0 Å². The molecule has 2 aliphatic heterocycles. The summed E-state index contributed by atoms with van der Waals surface area (Å²) in [6.45, 7) is 1.83. The molecule has 2 heterocycles. The first kappa shape index (κ1) is 23.7. The number of aliphatic hydroxyl groups excluding tert-OH is 1. The fourth-order valence-electron chi connectivity index (χ4n) is 5.00. The van der Waals surface area contributed by atoms with Crippen molar-refractivity contribution in [2.75, 3.05) is 45.5 Å². The molecule has 0 amide bonds. The summed E-state index contributed by atoms with van der Waals surface area (Å²) < 4.78 is 23.1. The molecule has 30 heavy (non-hydrogen) atoms. The maximum atomic E-state index is 12.1.